The highest BCUT2D eigenvalue weighted by Gasteiger charge is 2.38. The van der Waals surface area contributed by atoms with E-state index in [4.69, 9.17) is 0 Å². The van der Waals surface area contributed by atoms with Crippen LogP contribution in [-0.2, 0) is 22.5 Å². The Balaban J connectivity index is 2.64. The van der Waals surface area contributed by atoms with E-state index in [1.807, 2.05) is 0 Å². The minimum absolute atomic E-state index is 0.114. The molecule has 0 bridgehead atoms. The molecule has 0 aliphatic carbocycles. The van der Waals surface area contributed by atoms with Crippen LogP contribution in [0.2, 0.25) is 0 Å². The molecular weight excluding hydrogens is 206 g/mol. The third-order valence-corrected chi connectivity index (χ3v) is 3.52. The van der Waals surface area contributed by atoms with Crippen LogP contribution in [0, 0.1) is 0 Å². The van der Waals surface area contributed by atoms with Crippen LogP contribution in [0.25, 0.3) is 0 Å². The summed E-state index contributed by atoms with van der Waals surface area (Å²) in [6, 6.07) is 0. The monoisotopic (exact) mass is 216 g/mol. The lowest BCUT2D eigenvalue weighted by atomic mass is 10.3. The molecular formula is C4H10O6P2. The molecule has 1 aliphatic rings. The SMILES string of the molecule is CCCC1(O)O[PH](=O)O[PH](=O)O1. The van der Waals surface area contributed by atoms with Gasteiger partial charge in [-0.3, -0.25) is 18.2 Å². The van der Waals surface area contributed by atoms with Gasteiger partial charge in [-0.15, -0.1) is 0 Å². The third-order valence-electron chi connectivity index (χ3n) is 1.22. The zero-order valence-electron chi connectivity index (χ0n) is 6.40. The van der Waals surface area contributed by atoms with E-state index >= 15 is 0 Å². The summed E-state index contributed by atoms with van der Waals surface area (Å²) in [4.78, 5) is 0. The van der Waals surface area contributed by atoms with Gasteiger partial charge in [0.25, 0.3) is 5.97 Å². The van der Waals surface area contributed by atoms with Crippen molar-refractivity contribution >= 4 is 16.5 Å². The Labute approximate surface area is 70.7 Å². The van der Waals surface area contributed by atoms with Crippen molar-refractivity contribution in [1.82, 2.24) is 0 Å². The van der Waals surface area contributed by atoms with Gasteiger partial charge < -0.3 is 5.11 Å². The second-order valence-electron chi connectivity index (χ2n) is 2.27. The van der Waals surface area contributed by atoms with Crippen molar-refractivity contribution in [3.05, 3.63) is 0 Å². The van der Waals surface area contributed by atoms with Crippen LogP contribution in [0.1, 0.15) is 19.8 Å². The second kappa shape index (κ2) is 4.01. The zero-order valence-corrected chi connectivity index (χ0v) is 8.40. The van der Waals surface area contributed by atoms with Crippen molar-refractivity contribution in [2.75, 3.05) is 0 Å². The summed E-state index contributed by atoms with van der Waals surface area (Å²) >= 11 is 0. The first-order valence-electron chi connectivity index (χ1n) is 3.42. The molecule has 1 N–H and O–H groups in total. The van der Waals surface area contributed by atoms with Gasteiger partial charge in [-0.1, -0.05) is 6.92 Å². The van der Waals surface area contributed by atoms with Crippen LogP contribution in [-0.4, -0.2) is 11.1 Å². The summed E-state index contributed by atoms with van der Waals surface area (Å²) in [6.45, 7) is 1.77. The minimum Gasteiger partial charge on any atom is -0.343 e. The number of aliphatic hydroxyl groups is 1. The van der Waals surface area contributed by atoms with E-state index in [-0.39, 0.29) is 6.42 Å². The highest BCUT2D eigenvalue weighted by Crippen LogP contribution is 2.51. The minimum atomic E-state index is -2.86. The van der Waals surface area contributed by atoms with E-state index in [0.29, 0.717) is 6.42 Å². The van der Waals surface area contributed by atoms with Gasteiger partial charge >= 0.3 is 16.5 Å². The Morgan fingerprint density at radius 2 is 1.83 bits per heavy atom. The Bertz CT molecular complexity index is 200. The Morgan fingerprint density at radius 3 is 2.25 bits per heavy atom. The van der Waals surface area contributed by atoms with Crippen molar-refractivity contribution in [2.45, 2.75) is 25.7 Å². The van der Waals surface area contributed by atoms with Crippen LogP contribution in [0.15, 0.2) is 0 Å². The highest BCUT2D eigenvalue weighted by atomic mass is 31.2. The van der Waals surface area contributed by atoms with Crippen molar-refractivity contribution < 1.29 is 27.6 Å². The molecule has 2 atom stereocenters. The lowest BCUT2D eigenvalue weighted by molar-refractivity contribution is -0.284. The summed E-state index contributed by atoms with van der Waals surface area (Å²) < 4.78 is 34.5. The van der Waals surface area contributed by atoms with Crippen molar-refractivity contribution in [3.8, 4) is 0 Å². The summed E-state index contributed by atoms with van der Waals surface area (Å²) in [7, 11) is -5.72. The molecule has 6 nitrogen and oxygen atoms in total. The first-order valence-corrected chi connectivity index (χ1v) is 5.87. The van der Waals surface area contributed by atoms with Gasteiger partial charge in [0.15, 0.2) is 0 Å². The maximum Gasteiger partial charge on any atom is 0.330 e. The van der Waals surface area contributed by atoms with Gasteiger partial charge in [-0.25, -0.2) is 4.31 Å². The maximum atomic E-state index is 10.7. The predicted molar refractivity (Wildman–Crippen MR) is 41.1 cm³/mol. The van der Waals surface area contributed by atoms with E-state index in [2.05, 4.69) is 13.4 Å². The quantitative estimate of drug-likeness (QED) is 0.700. The average Bonchev–Trinajstić information content (AvgIpc) is 1.82. The molecule has 0 aromatic heterocycles. The predicted octanol–water partition coefficient (Wildman–Crippen LogP) is 1.28. The summed E-state index contributed by atoms with van der Waals surface area (Å²) in [5.74, 6) is -1.99. The number of hydrogen-bond donors (Lipinski definition) is 1. The molecule has 0 spiro atoms. The van der Waals surface area contributed by atoms with E-state index in [1.54, 1.807) is 6.92 Å². The zero-order chi connectivity index (χ0) is 9.19. The fourth-order valence-electron chi connectivity index (χ4n) is 0.809. The Kier molecular flexibility index (Phi) is 3.47. The fourth-order valence-corrected chi connectivity index (χ4v) is 2.58. The van der Waals surface area contributed by atoms with Gasteiger partial charge in [-0.05, 0) is 6.42 Å². The number of rotatable bonds is 2. The Morgan fingerprint density at radius 1 is 1.33 bits per heavy atom. The normalized spacial score (nSPS) is 42.8. The molecule has 1 heterocycles. The molecule has 0 aromatic rings. The van der Waals surface area contributed by atoms with E-state index in [9.17, 15) is 14.2 Å². The van der Waals surface area contributed by atoms with Crippen molar-refractivity contribution in [2.24, 2.45) is 0 Å². The average molecular weight is 216 g/mol. The van der Waals surface area contributed by atoms with Crippen LogP contribution in [0.5, 0.6) is 0 Å². The lowest BCUT2D eigenvalue weighted by Gasteiger charge is -2.29. The molecule has 72 valence electrons. The summed E-state index contributed by atoms with van der Waals surface area (Å²) in [5.41, 5.74) is 0. The molecule has 1 fully saturated rings. The van der Waals surface area contributed by atoms with Gasteiger partial charge in [0.1, 0.15) is 0 Å². The Hall–Kier alpha value is 0.300. The van der Waals surface area contributed by atoms with Gasteiger partial charge in [-0.2, -0.15) is 0 Å². The first kappa shape index (κ1) is 10.4. The molecule has 2 unspecified atom stereocenters. The molecule has 1 aliphatic heterocycles. The van der Waals surface area contributed by atoms with E-state index < -0.39 is 22.5 Å². The lowest BCUT2D eigenvalue weighted by Crippen LogP contribution is -2.32. The summed E-state index contributed by atoms with van der Waals surface area (Å²) in [5, 5.41) is 9.34. The van der Waals surface area contributed by atoms with Gasteiger partial charge in [0.05, 0.1) is 0 Å². The topological polar surface area (TPSA) is 82.1 Å². The third kappa shape index (κ3) is 2.66. The maximum absolute atomic E-state index is 10.7. The molecule has 1 saturated heterocycles. The highest BCUT2D eigenvalue weighted by molar-refractivity contribution is 7.48. The smallest absolute Gasteiger partial charge is 0.330 e. The van der Waals surface area contributed by atoms with Gasteiger partial charge in [0.2, 0.25) is 0 Å². The second-order valence-corrected chi connectivity index (χ2v) is 4.49. The summed E-state index contributed by atoms with van der Waals surface area (Å²) in [6.07, 6.45) is 0.671. The first-order chi connectivity index (χ1) is 5.56. The standard InChI is InChI=1S/C4H10O6P2/c1-2-3-4(5)8-11(6)10-12(7)9-4/h5,11-12H,2-3H2,1H3. The molecule has 8 heteroatoms. The van der Waals surface area contributed by atoms with Crippen molar-refractivity contribution in [3.63, 3.8) is 0 Å². The largest absolute Gasteiger partial charge is 0.343 e. The van der Waals surface area contributed by atoms with Gasteiger partial charge in [0, 0.05) is 6.42 Å². The number of hydrogen-bond acceptors (Lipinski definition) is 6. The van der Waals surface area contributed by atoms with Crippen LogP contribution in [0.4, 0.5) is 0 Å². The van der Waals surface area contributed by atoms with Crippen LogP contribution >= 0.6 is 16.5 Å². The fraction of sp³-hybridized carbons (Fsp3) is 1.00. The van der Waals surface area contributed by atoms with E-state index in [0.717, 1.165) is 0 Å². The molecule has 0 saturated carbocycles. The van der Waals surface area contributed by atoms with Crippen molar-refractivity contribution in [1.29, 1.82) is 0 Å². The van der Waals surface area contributed by atoms with Crippen LogP contribution in [0.3, 0.4) is 0 Å². The molecule has 0 radical (unpaired) electrons. The molecule has 0 amide bonds. The van der Waals surface area contributed by atoms with Crippen LogP contribution < -0.4 is 0 Å². The molecule has 12 heavy (non-hydrogen) atoms. The molecule has 1 rings (SSSR count). The van der Waals surface area contributed by atoms with E-state index in [1.165, 1.54) is 0 Å². The molecule has 0 aromatic carbocycles.